The number of aliphatic hydroxyl groups excluding tert-OH is 1. The summed E-state index contributed by atoms with van der Waals surface area (Å²) in [5.74, 6) is 1.23. The summed E-state index contributed by atoms with van der Waals surface area (Å²) in [6.07, 6.45) is 6.46. The van der Waals surface area contributed by atoms with E-state index in [4.69, 9.17) is 0 Å². The van der Waals surface area contributed by atoms with E-state index >= 15 is 0 Å². The van der Waals surface area contributed by atoms with E-state index in [1.165, 1.54) is 17.6 Å². The lowest BCUT2D eigenvalue weighted by molar-refractivity contribution is 0.0536. The van der Waals surface area contributed by atoms with Crippen LogP contribution in [0.15, 0.2) is 23.8 Å². The molecule has 16 heavy (non-hydrogen) atoms. The molecule has 90 valence electrons. The molecule has 0 saturated heterocycles. The van der Waals surface area contributed by atoms with Crippen LogP contribution in [0.1, 0.15) is 46.5 Å². The summed E-state index contributed by atoms with van der Waals surface area (Å²) in [6, 6.07) is 0. The molecule has 0 radical (unpaired) electrons. The first kappa shape index (κ1) is 11.9. The smallest absolute Gasteiger partial charge is 0.0580 e. The highest BCUT2D eigenvalue weighted by molar-refractivity contribution is 5.24. The molecule has 0 aromatic heterocycles. The Hall–Kier alpha value is -0.560. The van der Waals surface area contributed by atoms with Crippen LogP contribution >= 0.6 is 0 Å². The van der Waals surface area contributed by atoms with Gasteiger partial charge >= 0.3 is 0 Å². The summed E-state index contributed by atoms with van der Waals surface area (Å²) in [5, 5.41) is 9.85. The SMILES string of the molecule is C=C(C)[C@@H]1CC=C2C[C@H](O)C[C@@H](C)[C@@]2(C)C1. The van der Waals surface area contributed by atoms with Crippen molar-refractivity contribution >= 4 is 0 Å². The minimum atomic E-state index is -0.115. The number of hydrogen-bond acceptors (Lipinski definition) is 1. The highest BCUT2D eigenvalue weighted by Crippen LogP contribution is 2.52. The van der Waals surface area contributed by atoms with Gasteiger partial charge in [-0.15, -0.1) is 0 Å². The summed E-state index contributed by atoms with van der Waals surface area (Å²) in [5.41, 5.74) is 3.12. The van der Waals surface area contributed by atoms with Crippen LogP contribution in [0.3, 0.4) is 0 Å². The molecular weight excluding hydrogens is 196 g/mol. The number of hydrogen-bond donors (Lipinski definition) is 1. The van der Waals surface area contributed by atoms with Crippen LogP contribution in [0, 0.1) is 17.3 Å². The summed E-state index contributed by atoms with van der Waals surface area (Å²) in [6.45, 7) is 10.9. The maximum absolute atomic E-state index is 9.85. The van der Waals surface area contributed by atoms with E-state index in [2.05, 4.69) is 33.4 Å². The maximum Gasteiger partial charge on any atom is 0.0580 e. The Morgan fingerprint density at radius 1 is 1.56 bits per heavy atom. The molecule has 0 aliphatic heterocycles. The number of rotatable bonds is 1. The van der Waals surface area contributed by atoms with Crippen LogP contribution in [0.4, 0.5) is 0 Å². The van der Waals surface area contributed by atoms with Crippen LogP contribution in [0.5, 0.6) is 0 Å². The van der Waals surface area contributed by atoms with Crippen molar-refractivity contribution in [3.63, 3.8) is 0 Å². The summed E-state index contributed by atoms with van der Waals surface area (Å²) >= 11 is 0. The minimum absolute atomic E-state index is 0.115. The Labute approximate surface area is 99.3 Å². The molecule has 4 atom stereocenters. The fraction of sp³-hybridized carbons (Fsp3) is 0.733. The lowest BCUT2D eigenvalue weighted by atomic mass is 9.57. The Morgan fingerprint density at radius 2 is 2.25 bits per heavy atom. The van der Waals surface area contributed by atoms with E-state index in [-0.39, 0.29) is 6.10 Å². The highest BCUT2D eigenvalue weighted by atomic mass is 16.3. The van der Waals surface area contributed by atoms with Gasteiger partial charge in [-0.1, -0.05) is 37.6 Å². The van der Waals surface area contributed by atoms with Gasteiger partial charge in [0.25, 0.3) is 0 Å². The van der Waals surface area contributed by atoms with Gasteiger partial charge < -0.3 is 5.11 Å². The van der Waals surface area contributed by atoms with Crippen LogP contribution in [0.25, 0.3) is 0 Å². The monoisotopic (exact) mass is 220 g/mol. The quantitative estimate of drug-likeness (QED) is 0.668. The average molecular weight is 220 g/mol. The molecule has 2 aliphatic carbocycles. The Balaban J connectivity index is 2.27. The summed E-state index contributed by atoms with van der Waals surface area (Å²) in [4.78, 5) is 0. The first-order valence-electron chi connectivity index (χ1n) is 6.46. The molecule has 0 amide bonds. The second-order valence-corrected chi connectivity index (χ2v) is 6.12. The normalized spacial score (nSPS) is 43.5. The van der Waals surface area contributed by atoms with E-state index < -0.39 is 0 Å². The van der Waals surface area contributed by atoms with Gasteiger partial charge in [0.15, 0.2) is 0 Å². The average Bonchev–Trinajstić information content (AvgIpc) is 2.19. The number of fused-ring (bicyclic) bond motifs is 1. The zero-order valence-corrected chi connectivity index (χ0v) is 10.8. The number of allylic oxidation sites excluding steroid dienone is 2. The van der Waals surface area contributed by atoms with Crippen LogP contribution in [-0.2, 0) is 0 Å². The van der Waals surface area contributed by atoms with Gasteiger partial charge in [0.05, 0.1) is 6.10 Å². The topological polar surface area (TPSA) is 20.2 Å². The van der Waals surface area contributed by atoms with Crippen LogP contribution in [-0.4, -0.2) is 11.2 Å². The molecule has 0 bridgehead atoms. The second kappa shape index (κ2) is 4.03. The molecule has 0 aromatic rings. The van der Waals surface area contributed by atoms with Gasteiger partial charge in [0.1, 0.15) is 0 Å². The highest BCUT2D eigenvalue weighted by Gasteiger charge is 2.43. The van der Waals surface area contributed by atoms with Crippen molar-refractivity contribution in [2.45, 2.75) is 52.6 Å². The predicted octanol–water partition coefficient (Wildman–Crippen LogP) is 3.70. The zero-order valence-electron chi connectivity index (χ0n) is 10.8. The second-order valence-electron chi connectivity index (χ2n) is 6.12. The lowest BCUT2D eigenvalue weighted by Gasteiger charge is -2.48. The molecular formula is C15H24O. The van der Waals surface area contributed by atoms with Crippen molar-refractivity contribution in [1.82, 2.24) is 0 Å². The third-order valence-corrected chi connectivity index (χ3v) is 4.92. The molecule has 2 aliphatic rings. The first-order chi connectivity index (χ1) is 7.43. The van der Waals surface area contributed by atoms with Gasteiger partial charge in [0, 0.05) is 0 Å². The Morgan fingerprint density at radius 3 is 2.88 bits per heavy atom. The van der Waals surface area contributed by atoms with E-state index in [0.29, 0.717) is 17.3 Å². The van der Waals surface area contributed by atoms with Gasteiger partial charge in [-0.25, -0.2) is 0 Å². The molecule has 1 fully saturated rings. The van der Waals surface area contributed by atoms with Crippen molar-refractivity contribution in [1.29, 1.82) is 0 Å². The molecule has 0 aromatic carbocycles. The van der Waals surface area contributed by atoms with Gasteiger partial charge in [-0.3, -0.25) is 0 Å². The van der Waals surface area contributed by atoms with E-state index in [9.17, 15) is 5.11 Å². The van der Waals surface area contributed by atoms with E-state index in [1.54, 1.807) is 0 Å². The summed E-state index contributed by atoms with van der Waals surface area (Å²) < 4.78 is 0. The fourth-order valence-electron chi connectivity index (χ4n) is 3.46. The molecule has 2 rings (SSSR count). The Kier molecular flexibility index (Phi) is 3.00. The predicted molar refractivity (Wildman–Crippen MR) is 68.1 cm³/mol. The van der Waals surface area contributed by atoms with Crippen molar-refractivity contribution in [2.24, 2.45) is 17.3 Å². The van der Waals surface area contributed by atoms with Gasteiger partial charge in [-0.05, 0) is 49.9 Å². The molecule has 1 nitrogen and oxygen atoms in total. The molecule has 1 heteroatoms. The van der Waals surface area contributed by atoms with E-state index in [0.717, 1.165) is 19.3 Å². The number of aliphatic hydroxyl groups is 1. The standard InChI is InChI=1S/C15H24O/c1-10(2)12-5-6-13-8-14(16)7-11(3)15(13,4)9-12/h6,11-12,14,16H,1,5,7-9H2,2-4H3/t11-,12-,14-,15-/m1/s1. The largest absolute Gasteiger partial charge is 0.393 e. The summed E-state index contributed by atoms with van der Waals surface area (Å²) in [7, 11) is 0. The third-order valence-electron chi connectivity index (χ3n) is 4.92. The molecule has 0 spiro atoms. The molecule has 1 N–H and O–H groups in total. The van der Waals surface area contributed by atoms with Crippen molar-refractivity contribution in [2.75, 3.05) is 0 Å². The van der Waals surface area contributed by atoms with Crippen molar-refractivity contribution < 1.29 is 5.11 Å². The molecule has 0 unspecified atom stereocenters. The minimum Gasteiger partial charge on any atom is -0.393 e. The van der Waals surface area contributed by atoms with Gasteiger partial charge in [0.2, 0.25) is 0 Å². The first-order valence-corrected chi connectivity index (χ1v) is 6.46. The zero-order chi connectivity index (χ0) is 11.9. The van der Waals surface area contributed by atoms with Gasteiger partial charge in [-0.2, -0.15) is 0 Å². The third kappa shape index (κ3) is 1.86. The molecule has 0 heterocycles. The molecule has 1 saturated carbocycles. The van der Waals surface area contributed by atoms with Crippen LogP contribution in [0.2, 0.25) is 0 Å². The van der Waals surface area contributed by atoms with E-state index in [1.807, 2.05) is 0 Å². The maximum atomic E-state index is 9.85. The fourth-order valence-corrected chi connectivity index (χ4v) is 3.46. The van der Waals surface area contributed by atoms with Crippen molar-refractivity contribution in [3.8, 4) is 0 Å². The van der Waals surface area contributed by atoms with Crippen molar-refractivity contribution in [3.05, 3.63) is 23.8 Å². The Bertz CT molecular complexity index is 328. The van der Waals surface area contributed by atoms with Crippen LogP contribution < -0.4 is 0 Å². The lowest BCUT2D eigenvalue weighted by Crippen LogP contribution is -2.40.